The molecule has 110 valence electrons. The van der Waals surface area contributed by atoms with E-state index in [2.05, 4.69) is 15.6 Å². The van der Waals surface area contributed by atoms with Crippen molar-refractivity contribution in [1.82, 2.24) is 10.3 Å². The summed E-state index contributed by atoms with van der Waals surface area (Å²) in [5.74, 6) is 0.680. The molecule has 2 N–H and O–H groups in total. The van der Waals surface area contributed by atoms with Gasteiger partial charge in [-0.05, 0) is 48.4 Å². The predicted molar refractivity (Wildman–Crippen MR) is 82.3 cm³/mol. The molecule has 1 heterocycles. The maximum atomic E-state index is 11.8. The van der Waals surface area contributed by atoms with Crippen molar-refractivity contribution in [3.8, 4) is 5.75 Å². The van der Waals surface area contributed by atoms with Crippen molar-refractivity contribution in [1.29, 1.82) is 0 Å². The summed E-state index contributed by atoms with van der Waals surface area (Å²) in [5.41, 5.74) is 3.00. The van der Waals surface area contributed by atoms with Crippen LogP contribution in [0.5, 0.6) is 5.75 Å². The molecule has 5 heteroatoms. The number of pyridine rings is 1. The number of nitrogens with one attached hydrogen (secondary N) is 2. The summed E-state index contributed by atoms with van der Waals surface area (Å²) in [4.78, 5) is 15.9. The van der Waals surface area contributed by atoms with Crippen molar-refractivity contribution in [2.75, 3.05) is 19.0 Å². The third-order valence-corrected chi connectivity index (χ3v) is 3.12. The number of nitrogens with zero attached hydrogens (tertiary/aromatic N) is 1. The van der Waals surface area contributed by atoms with Crippen molar-refractivity contribution in [2.45, 2.75) is 13.5 Å². The molecule has 1 amide bonds. The summed E-state index contributed by atoms with van der Waals surface area (Å²) in [6.07, 6.45) is 3.57. The van der Waals surface area contributed by atoms with E-state index in [1.54, 1.807) is 13.3 Å². The molecule has 2 rings (SSSR count). The number of aromatic nitrogens is 1. The van der Waals surface area contributed by atoms with Crippen LogP contribution in [0.1, 0.15) is 11.1 Å². The Morgan fingerprint density at radius 1 is 1.24 bits per heavy atom. The monoisotopic (exact) mass is 285 g/mol. The molecular formula is C16H19N3O2. The van der Waals surface area contributed by atoms with E-state index < -0.39 is 0 Å². The van der Waals surface area contributed by atoms with E-state index >= 15 is 0 Å². The highest BCUT2D eigenvalue weighted by atomic mass is 16.5. The van der Waals surface area contributed by atoms with Crippen LogP contribution in [-0.4, -0.2) is 24.5 Å². The molecule has 1 aromatic carbocycles. The van der Waals surface area contributed by atoms with E-state index in [9.17, 15) is 4.79 Å². The molecule has 0 saturated carbocycles. The summed E-state index contributed by atoms with van der Waals surface area (Å²) in [7, 11) is 1.61. The number of carbonyl (C=O) groups excluding carboxylic acids is 1. The number of ether oxygens (including phenoxy) is 1. The van der Waals surface area contributed by atoms with Gasteiger partial charge in [0.2, 0.25) is 5.91 Å². The molecule has 1 aromatic heterocycles. The fraction of sp³-hybridized carbons (Fsp3) is 0.250. The van der Waals surface area contributed by atoms with Crippen LogP contribution in [0.2, 0.25) is 0 Å². The zero-order chi connectivity index (χ0) is 15.1. The lowest BCUT2D eigenvalue weighted by atomic mass is 10.1. The third-order valence-electron chi connectivity index (χ3n) is 3.12. The second-order valence-corrected chi connectivity index (χ2v) is 4.68. The highest BCUT2D eigenvalue weighted by molar-refractivity contribution is 5.92. The van der Waals surface area contributed by atoms with Crippen LogP contribution in [0.4, 0.5) is 5.69 Å². The largest absolute Gasteiger partial charge is 0.497 e. The second-order valence-electron chi connectivity index (χ2n) is 4.68. The molecule has 2 aromatic rings. The van der Waals surface area contributed by atoms with Gasteiger partial charge in [-0.3, -0.25) is 9.78 Å². The number of methoxy groups -OCH3 is 1. The normalized spacial score (nSPS) is 10.2. The fourth-order valence-corrected chi connectivity index (χ4v) is 1.87. The lowest BCUT2D eigenvalue weighted by Crippen LogP contribution is -2.27. The zero-order valence-electron chi connectivity index (χ0n) is 12.2. The van der Waals surface area contributed by atoms with Crippen molar-refractivity contribution in [2.24, 2.45) is 0 Å². The van der Waals surface area contributed by atoms with Gasteiger partial charge in [0.15, 0.2) is 0 Å². The Morgan fingerprint density at radius 2 is 2.00 bits per heavy atom. The van der Waals surface area contributed by atoms with Gasteiger partial charge in [0, 0.05) is 24.6 Å². The van der Waals surface area contributed by atoms with Gasteiger partial charge in [-0.25, -0.2) is 0 Å². The minimum atomic E-state index is -0.0817. The number of hydrogen-bond donors (Lipinski definition) is 2. The Labute approximate surface area is 124 Å². The Morgan fingerprint density at radius 3 is 2.67 bits per heavy atom. The van der Waals surface area contributed by atoms with Crippen LogP contribution in [0, 0.1) is 6.92 Å². The van der Waals surface area contributed by atoms with Gasteiger partial charge in [-0.1, -0.05) is 0 Å². The van der Waals surface area contributed by atoms with Gasteiger partial charge in [0.25, 0.3) is 0 Å². The molecule has 5 nitrogen and oxygen atoms in total. The first-order chi connectivity index (χ1) is 10.2. The molecule has 0 saturated heterocycles. The van der Waals surface area contributed by atoms with Gasteiger partial charge < -0.3 is 15.4 Å². The molecule has 0 fully saturated rings. The van der Waals surface area contributed by atoms with Crippen LogP contribution in [0.15, 0.2) is 42.7 Å². The van der Waals surface area contributed by atoms with Crippen molar-refractivity contribution in [3.63, 3.8) is 0 Å². The zero-order valence-corrected chi connectivity index (χ0v) is 12.2. The topological polar surface area (TPSA) is 63.2 Å². The number of rotatable bonds is 6. The first kappa shape index (κ1) is 15.0. The van der Waals surface area contributed by atoms with Crippen LogP contribution in [0.25, 0.3) is 0 Å². The minimum absolute atomic E-state index is 0.0817. The van der Waals surface area contributed by atoms with Gasteiger partial charge in [0.05, 0.1) is 13.7 Å². The molecular weight excluding hydrogens is 266 g/mol. The van der Waals surface area contributed by atoms with Crippen LogP contribution < -0.4 is 15.4 Å². The Bertz CT molecular complexity index is 597. The summed E-state index contributed by atoms with van der Waals surface area (Å²) in [5, 5.41) is 5.93. The molecule has 0 aliphatic rings. The molecule has 0 unspecified atom stereocenters. The quantitative estimate of drug-likeness (QED) is 0.853. The van der Waals surface area contributed by atoms with Crippen molar-refractivity contribution in [3.05, 3.63) is 53.9 Å². The Kier molecular flexibility index (Phi) is 5.29. The standard InChI is InChI=1S/C16H19N3O2/c1-12-7-8-17-9-13(12)10-18-11-16(20)19-14-3-5-15(21-2)6-4-14/h3-9,18H,10-11H2,1-2H3,(H,19,20). The first-order valence-electron chi connectivity index (χ1n) is 6.73. The SMILES string of the molecule is COc1ccc(NC(=O)CNCc2cnccc2C)cc1. The lowest BCUT2D eigenvalue weighted by Gasteiger charge is -2.08. The number of amides is 1. The lowest BCUT2D eigenvalue weighted by molar-refractivity contribution is -0.115. The Balaban J connectivity index is 1.78. The number of benzene rings is 1. The third kappa shape index (κ3) is 4.57. The number of aryl methyl sites for hydroxylation is 1. The molecule has 0 aliphatic carbocycles. The smallest absolute Gasteiger partial charge is 0.238 e. The van der Waals surface area contributed by atoms with Crippen LogP contribution >= 0.6 is 0 Å². The molecule has 0 radical (unpaired) electrons. The van der Waals surface area contributed by atoms with Gasteiger partial charge in [-0.2, -0.15) is 0 Å². The van der Waals surface area contributed by atoms with Crippen LogP contribution in [0.3, 0.4) is 0 Å². The number of carbonyl (C=O) groups is 1. The van der Waals surface area contributed by atoms with E-state index in [1.165, 1.54) is 0 Å². The molecule has 0 aliphatic heterocycles. The number of hydrogen-bond acceptors (Lipinski definition) is 4. The van der Waals surface area contributed by atoms with Gasteiger partial charge in [0.1, 0.15) is 5.75 Å². The van der Waals surface area contributed by atoms with E-state index in [1.807, 2.05) is 43.5 Å². The maximum absolute atomic E-state index is 11.8. The van der Waals surface area contributed by atoms with Gasteiger partial charge in [-0.15, -0.1) is 0 Å². The fourth-order valence-electron chi connectivity index (χ4n) is 1.87. The minimum Gasteiger partial charge on any atom is -0.497 e. The molecule has 21 heavy (non-hydrogen) atoms. The van der Waals surface area contributed by atoms with Crippen molar-refractivity contribution >= 4 is 11.6 Å². The predicted octanol–water partition coefficient (Wildman–Crippen LogP) is 2.13. The Hall–Kier alpha value is -2.40. The van der Waals surface area contributed by atoms with Crippen LogP contribution in [-0.2, 0) is 11.3 Å². The highest BCUT2D eigenvalue weighted by Gasteiger charge is 2.03. The van der Waals surface area contributed by atoms with E-state index in [0.717, 1.165) is 22.6 Å². The summed E-state index contributed by atoms with van der Waals surface area (Å²) >= 11 is 0. The second kappa shape index (κ2) is 7.40. The van der Waals surface area contributed by atoms with Crippen molar-refractivity contribution < 1.29 is 9.53 Å². The van der Waals surface area contributed by atoms with E-state index in [0.29, 0.717) is 6.54 Å². The number of anilines is 1. The average Bonchev–Trinajstić information content (AvgIpc) is 2.50. The average molecular weight is 285 g/mol. The summed E-state index contributed by atoms with van der Waals surface area (Å²) in [6, 6.07) is 9.18. The summed E-state index contributed by atoms with van der Waals surface area (Å²) < 4.78 is 5.07. The molecule has 0 bridgehead atoms. The van der Waals surface area contributed by atoms with E-state index in [4.69, 9.17) is 4.74 Å². The first-order valence-corrected chi connectivity index (χ1v) is 6.73. The maximum Gasteiger partial charge on any atom is 0.238 e. The molecule has 0 spiro atoms. The van der Waals surface area contributed by atoms with E-state index in [-0.39, 0.29) is 12.5 Å². The summed E-state index contributed by atoms with van der Waals surface area (Å²) in [6.45, 7) is 2.90. The van der Waals surface area contributed by atoms with Gasteiger partial charge >= 0.3 is 0 Å². The molecule has 0 atom stereocenters. The highest BCUT2D eigenvalue weighted by Crippen LogP contribution is 2.14.